The first-order valence-electron chi connectivity index (χ1n) is 8.85. The number of aromatic nitrogens is 2. The number of carbonyl (C=O) groups excluding carboxylic acids is 1. The summed E-state index contributed by atoms with van der Waals surface area (Å²) in [6, 6.07) is 11.9. The van der Waals surface area contributed by atoms with Crippen LogP contribution in [0.3, 0.4) is 0 Å². The average Bonchev–Trinajstić information content (AvgIpc) is 3.11. The molecule has 0 saturated carbocycles. The standard InChI is InChI=1S/C20H17F3N2O5/c1-13-24-18(30-25-13)12-27-15-7-9-16(10-8-15)28-19(26)11-6-14-4-2-3-5-17(14)29-20(21,22)23/h2-5,7-10H,6,11-12H2,1H3. The number of para-hydroxylation sites is 1. The van der Waals surface area contributed by atoms with E-state index in [0.29, 0.717) is 17.5 Å². The van der Waals surface area contributed by atoms with Gasteiger partial charge in [-0.15, -0.1) is 13.2 Å². The van der Waals surface area contributed by atoms with Crippen LogP contribution in [0.15, 0.2) is 53.1 Å². The van der Waals surface area contributed by atoms with Crippen LogP contribution in [0.2, 0.25) is 0 Å². The van der Waals surface area contributed by atoms with Gasteiger partial charge in [0.1, 0.15) is 17.2 Å². The smallest absolute Gasteiger partial charge is 0.484 e. The van der Waals surface area contributed by atoms with Gasteiger partial charge in [-0.25, -0.2) is 0 Å². The van der Waals surface area contributed by atoms with Crippen LogP contribution in [0, 0.1) is 6.92 Å². The second-order valence-corrected chi connectivity index (χ2v) is 6.13. The van der Waals surface area contributed by atoms with Crippen molar-refractivity contribution in [3.8, 4) is 17.2 Å². The van der Waals surface area contributed by atoms with Gasteiger partial charge in [0, 0.05) is 0 Å². The number of alkyl halides is 3. The summed E-state index contributed by atoms with van der Waals surface area (Å²) >= 11 is 0. The molecule has 0 aliphatic carbocycles. The minimum atomic E-state index is -4.80. The van der Waals surface area contributed by atoms with Crippen LogP contribution in [0.25, 0.3) is 0 Å². The highest BCUT2D eigenvalue weighted by Crippen LogP contribution is 2.27. The van der Waals surface area contributed by atoms with Crippen molar-refractivity contribution >= 4 is 5.97 Å². The van der Waals surface area contributed by atoms with Crippen molar-refractivity contribution in [3.05, 3.63) is 65.8 Å². The molecular formula is C20H17F3N2O5. The van der Waals surface area contributed by atoms with Gasteiger partial charge in [0.2, 0.25) is 0 Å². The number of nitrogens with zero attached hydrogens (tertiary/aromatic N) is 2. The molecule has 2 aromatic carbocycles. The molecular weight excluding hydrogens is 405 g/mol. The maximum atomic E-state index is 12.5. The molecule has 0 radical (unpaired) electrons. The Morgan fingerprint density at radius 1 is 1.07 bits per heavy atom. The van der Waals surface area contributed by atoms with Crippen LogP contribution in [0.5, 0.6) is 17.2 Å². The molecule has 0 bridgehead atoms. The quantitative estimate of drug-likeness (QED) is 0.393. The number of esters is 1. The van der Waals surface area contributed by atoms with Crippen molar-refractivity contribution in [1.29, 1.82) is 0 Å². The molecule has 0 N–H and O–H groups in total. The maximum absolute atomic E-state index is 12.5. The molecule has 1 heterocycles. The lowest BCUT2D eigenvalue weighted by Gasteiger charge is -2.13. The second-order valence-electron chi connectivity index (χ2n) is 6.13. The first-order valence-corrected chi connectivity index (χ1v) is 8.85. The number of hydrogen-bond donors (Lipinski definition) is 0. The van der Waals surface area contributed by atoms with Gasteiger partial charge in [-0.3, -0.25) is 4.79 Å². The number of ether oxygens (including phenoxy) is 3. The van der Waals surface area contributed by atoms with Crippen molar-refractivity contribution in [2.75, 3.05) is 0 Å². The van der Waals surface area contributed by atoms with Gasteiger partial charge in [-0.05, 0) is 49.2 Å². The molecule has 0 spiro atoms. The Labute approximate surface area is 169 Å². The summed E-state index contributed by atoms with van der Waals surface area (Å²) < 4.78 is 57.0. The fourth-order valence-corrected chi connectivity index (χ4v) is 2.50. The lowest BCUT2D eigenvalue weighted by Crippen LogP contribution is -2.18. The first-order chi connectivity index (χ1) is 14.3. The number of halogens is 3. The Kier molecular flexibility index (Phi) is 6.55. The van der Waals surface area contributed by atoms with E-state index >= 15 is 0 Å². The number of hydrogen-bond acceptors (Lipinski definition) is 7. The molecule has 3 rings (SSSR count). The first kappa shape index (κ1) is 21.2. The third-order valence-corrected chi connectivity index (χ3v) is 3.78. The third-order valence-electron chi connectivity index (χ3n) is 3.78. The van der Waals surface area contributed by atoms with E-state index in [1.54, 1.807) is 25.1 Å². The van der Waals surface area contributed by atoms with Gasteiger partial charge >= 0.3 is 12.3 Å². The molecule has 0 fully saturated rings. The predicted molar refractivity (Wildman–Crippen MR) is 96.9 cm³/mol. The van der Waals surface area contributed by atoms with Gasteiger partial charge in [0.25, 0.3) is 5.89 Å². The van der Waals surface area contributed by atoms with Crippen LogP contribution < -0.4 is 14.2 Å². The molecule has 0 saturated heterocycles. The summed E-state index contributed by atoms with van der Waals surface area (Å²) in [6.45, 7) is 1.79. The topological polar surface area (TPSA) is 83.7 Å². The minimum Gasteiger partial charge on any atom is -0.484 e. The van der Waals surface area contributed by atoms with Gasteiger partial charge in [-0.2, -0.15) is 4.98 Å². The van der Waals surface area contributed by atoms with Crippen LogP contribution in [-0.4, -0.2) is 22.5 Å². The van der Waals surface area contributed by atoms with Gasteiger partial charge < -0.3 is 18.7 Å². The molecule has 1 aromatic heterocycles. The highest BCUT2D eigenvalue weighted by molar-refractivity contribution is 5.72. The number of carbonyl (C=O) groups is 1. The SMILES string of the molecule is Cc1noc(COc2ccc(OC(=O)CCc3ccccc3OC(F)(F)F)cc2)n1. The predicted octanol–water partition coefficient (Wildman–Crippen LogP) is 4.39. The van der Waals surface area contributed by atoms with Crippen molar-refractivity contribution in [3.63, 3.8) is 0 Å². The lowest BCUT2D eigenvalue weighted by atomic mass is 10.1. The van der Waals surface area contributed by atoms with E-state index < -0.39 is 12.3 Å². The molecule has 10 heteroatoms. The van der Waals surface area contributed by atoms with Gasteiger partial charge in [-0.1, -0.05) is 23.4 Å². The zero-order valence-electron chi connectivity index (χ0n) is 15.8. The zero-order chi connectivity index (χ0) is 21.6. The van der Waals surface area contributed by atoms with E-state index in [1.165, 1.54) is 30.3 Å². The fourth-order valence-electron chi connectivity index (χ4n) is 2.50. The average molecular weight is 422 g/mol. The number of aryl methyl sites for hydroxylation is 2. The van der Waals surface area contributed by atoms with E-state index in [4.69, 9.17) is 14.0 Å². The Hall–Kier alpha value is -3.56. The summed E-state index contributed by atoms with van der Waals surface area (Å²) in [7, 11) is 0. The minimum absolute atomic E-state index is 0.0376. The van der Waals surface area contributed by atoms with Crippen LogP contribution >= 0.6 is 0 Å². The monoisotopic (exact) mass is 422 g/mol. The normalized spacial score (nSPS) is 11.2. The van der Waals surface area contributed by atoms with Crippen LogP contribution in [-0.2, 0) is 17.8 Å². The fraction of sp³-hybridized carbons (Fsp3) is 0.250. The largest absolute Gasteiger partial charge is 0.573 e. The Morgan fingerprint density at radius 3 is 2.43 bits per heavy atom. The highest BCUT2D eigenvalue weighted by Gasteiger charge is 2.32. The summed E-state index contributed by atoms with van der Waals surface area (Å²) in [5, 5.41) is 3.65. The van der Waals surface area contributed by atoms with Crippen LogP contribution in [0.1, 0.15) is 23.7 Å². The van der Waals surface area contributed by atoms with E-state index in [2.05, 4.69) is 14.9 Å². The van der Waals surface area contributed by atoms with E-state index in [-0.39, 0.29) is 36.5 Å². The van der Waals surface area contributed by atoms with Crippen molar-refractivity contribution < 1.29 is 36.7 Å². The number of benzene rings is 2. The molecule has 0 aliphatic rings. The van der Waals surface area contributed by atoms with Crippen molar-refractivity contribution in [1.82, 2.24) is 10.1 Å². The summed E-state index contributed by atoms with van der Waals surface area (Å²) in [5.74, 6) is 0.688. The number of rotatable bonds is 8. The van der Waals surface area contributed by atoms with E-state index in [0.717, 1.165) is 0 Å². The Morgan fingerprint density at radius 2 is 1.77 bits per heavy atom. The second kappa shape index (κ2) is 9.29. The van der Waals surface area contributed by atoms with Gasteiger partial charge in [0.15, 0.2) is 12.4 Å². The molecule has 3 aromatic rings. The van der Waals surface area contributed by atoms with Crippen LogP contribution in [0.4, 0.5) is 13.2 Å². The van der Waals surface area contributed by atoms with E-state index in [9.17, 15) is 18.0 Å². The van der Waals surface area contributed by atoms with E-state index in [1.807, 2.05) is 0 Å². The molecule has 7 nitrogen and oxygen atoms in total. The molecule has 30 heavy (non-hydrogen) atoms. The highest BCUT2D eigenvalue weighted by atomic mass is 19.4. The lowest BCUT2D eigenvalue weighted by molar-refractivity contribution is -0.274. The Balaban J connectivity index is 1.49. The maximum Gasteiger partial charge on any atom is 0.573 e. The molecule has 158 valence electrons. The molecule has 0 amide bonds. The summed E-state index contributed by atoms with van der Waals surface area (Å²) in [4.78, 5) is 16.0. The summed E-state index contributed by atoms with van der Waals surface area (Å²) in [5.41, 5.74) is 0.256. The van der Waals surface area contributed by atoms with Crippen molar-refractivity contribution in [2.45, 2.75) is 32.7 Å². The molecule has 0 atom stereocenters. The van der Waals surface area contributed by atoms with Crippen molar-refractivity contribution in [2.24, 2.45) is 0 Å². The molecule has 0 aliphatic heterocycles. The summed E-state index contributed by atoms with van der Waals surface area (Å²) in [6.07, 6.45) is -4.88. The third kappa shape index (κ3) is 6.50. The Bertz CT molecular complexity index is 987. The van der Waals surface area contributed by atoms with Gasteiger partial charge in [0.05, 0.1) is 6.42 Å². The molecule has 0 unspecified atom stereocenters. The zero-order valence-corrected chi connectivity index (χ0v) is 15.8.